The van der Waals surface area contributed by atoms with Crippen LogP contribution < -0.4 is 10.2 Å². The highest BCUT2D eigenvalue weighted by Crippen LogP contribution is 2.33. The Bertz CT molecular complexity index is 1330. The molecule has 0 amide bonds. The Labute approximate surface area is 185 Å². The second kappa shape index (κ2) is 8.36. The van der Waals surface area contributed by atoms with Gasteiger partial charge in [0.2, 0.25) is 5.95 Å². The fraction of sp³-hybridized carbons (Fsp3) is 0.250. The molecule has 3 heterocycles. The highest BCUT2D eigenvalue weighted by molar-refractivity contribution is 5.88. The Kier molecular flexibility index (Phi) is 5.25. The fourth-order valence-corrected chi connectivity index (χ4v) is 4.07. The SMILES string of the molecule is Cn1cc2cc(-c3cnc(N4CCCNCC4)nc3-c3ccc(C#N)c(F)c3)ccc2n1. The number of aromatic nitrogens is 4. The van der Waals surface area contributed by atoms with Gasteiger partial charge in [-0.1, -0.05) is 12.1 Å². The first-order valence-electron chi connectivity index (χ1n) is 10.6. The average molecular weight is 427 g/mol. The lowest BCUT2D eigenvalue weighted by molar-refractivity contribution is 0.624. The van der Waals surface area contributed by atoms with Gasteiger partial charge in [-0.3, -0.25) is 4.68 Å². The lowest BCUT2D eigenvalue weighted by Gasteiger charge is -2.21. The number of benzene rings is 2. The van der Waals surface area contributed by atoms with Crippen molar-refractivity contribution in [2.75, 3.05) is 31.1 Å². The summed E-state index contributed by atoms with van der Waals surface area (Å²) in [7, 11) is 1.89. The maximum Gasteiger partial charge on any atom is 0.225 e. The summed E-state index contributed by atoms with van der Waals surface area (Å²) in [6, 6.07) is 12.5. The lowest BCUT2D eigenvalue weighted by Crippen LogP contribution is -2.29. The molecule has 0 radical (unpaired) electrons. The lowest BCUT2D eigenvalue weighted by atomic mass is 9.99. The summed E-state index contributed by atoms with van der Waals surface area (Å²) in [5.41, 5.74) is 3.89. The molecule has 7 nitrogen and oxygen atoms in total. The molecule has 1 fully saturated rings. The Morgan fingerprint density at radius 1 is 1.09 bits per heavy atom. The highest BCUT2D eigenvalue weighted by Gasteiger charge is 2.18. The average Bonchev–Trinajstić information content (AvgIpc) is 2.98. The van der Waals surface area contributed by atoms with Crippen molar-refractivity contribution in [1.82, 2.24) is 25.1 Å². The first-order valence-corrected chi connectivity index (χ1v) is 10.6. The van der Waals surface area contributed by atoms with Crippen LogP contribution in [0.25, 0.3) is 33.3 Å². The maximum absolute atomic E-state index is 14.5. The predicted molar refractivity (Wildman–Crippen MR) is 122 cm³/mol. The van der Waals surface area contributed by atoms with Crippen LogP contribution in [-0.2, 0) is 7.05 Å². The second-order valence-corrected chi connectivity index (χ2v) is 7.91. The van der Waals surface area contributed by atoms with Crippen molar-refractivity contribution in [3.8, 4) is 28.5 Å². The highest BCUT2D eigenvalue weighted by atomic mass is 19.1. The molecule has 0 aliphatic carbocycles. The monoisotopic (exact) mass is 427 g/mol. The van der Waals surface area contributed by atoms with Crippen LogP contribution in [0.2, 0.25) is 0 Å². The molecule has 0 spiro atoms. The molecule has 0 bridgehead atoms. The van der Waals surface area contributed by atoms with Crippen molar-refractivity contribution in [1.29, 1.82) is 5.26 Å². The number of nitriles is 1. The zero-order valence-electron chi connectivity index (χ0n) is 17.7. The molecule has 0 unspecified atom stereocenters. The van der Waals surface area contributed by atoms with Crippen LogP contribution in [0.4, 0.5) is 10.3 Å². The number of nitrogens with zero attached hydrogens (tertiary/aromatic N) is 6. The van der Waals surface area contributed by atoms with Crippen LogP contribution in [0.5, 0.6) is 0 Å². The van der Waals surface area contributed by atoms with E-state index in [1.165, 1.54) is 12.1 Å². The van der Waals surface area contributed by atoms with Crippen molar-refractivity contribution < 1.29 is 4.39 Å². The first-order chi connectivity index (χ1) is 15.6. The summed E-state index contributed by atoms with van der Waals surface area (Å²) in [5.74, 6) is 0.0671. The van der Waals surface area contributed by atoms with Crippen LogP contribution in [0.3, 0.4) is 0 Å². The summed E-state index contributed by atoms with van der Waals surface area (Å²) in [6.45, 7) is 3.49. The quantitative estimate of drug-likeness (QED) is 0.539. The third-order valence-corrected chi connectivity index (χ3v) is 5.69. The van der Waals surface area contributed by atoms with Crippen LogP contribution in [0.15, 0.2) is 48.8 Å². The third kappa shape index (κ3) is 3.79. The van der Waals surface area contributed by atoms with Crippen molar-refractivity contribution in [3.05, 3.63) is 60.2 Å². The van der Waals surface area contributed by atoms with E-state index in [4.69, 9.17) is 10.2 Å². The molecule has 4 aromatic rings. The Morgan fingerprint density at radius 2 is 1.97 bits per heavy atom. The van der Waals surface area contributed by atoms with E-state index in [9.17, 15) is 4.39 Å². The van der Waals surface area contributed by atoms with E-state index in [2.05, 4.69) is 20.3 Å². The van der Waals surface area contributed by atoms with Gasteiger partial charge < -0.3 is 10.2 Å². The van der Waals surface area contributed by atoms with Gasteiger partial charge in [0.05, 0.1) is 16.8 Å². The zero-order valence-corrected chi connectivity index (χ0v) is 17.7. The number of rotatable bonds is 3. The molecule has 0 saturated carbocycles. The molecule has 8 heteroatoms. The Hall–Kier alpha value is -3.83. The van der Waals surface area contributed by atoms with Gasteiger partial charge in [0, 0.05) is 55.6 Å². The number of hydrogen-bond acceptors (Lipinski definition) is 6. The van der Waals surface area contributed by atoms with E-state index in [0.717, 1.165) is 54.6 Å². The predicted octanol–water partition coefficient (Wildman–Crippen LogP) is 3.51. The van der Waals surface area contributed by atoms with Gasteiger partial charge in [0.25, 0.3) is 0 Å². The molecular weight excluding hydrogens is 405 g/mol. The van der Waals surface area contributed by atoms with Crippen LogP contribution in [-0.4, -0.2) is 45.9 Å². The van der Waals surface area contributed by atoms with Crippen molar-refractivity contribution in [2.24, 2.45) is 7.05 Å². The molecule has 1 N–H and O–H groups in total. The third-order valence-electron chi connectivity index (χ3n) is 5.69. The van der Waals surface area contributed by atoms with E-state index in [1.54, 1.807) is 10.7 Å². The van der Waals surface area contributed by atoms with Crippen LogP contribution >= 0.6 is 0 Å². The van der Waals surface area contributed by atoms with Gasteiger partial charge >= 0.3 is 0 Å². The molecule has 2 aromatic carbocycles. The number of anilines is 1. The minimum Gasteiger partial charge on any atom is -0.339 e. The number of nitrogens with one attached hydrogen (secondary N) is 1. The van der Waals surface area contributed by atoms with Gasteiger partial charge in [-0.25, -0.2) is 14.4 Å². The number of fused-ring (bicyclic) bond motifs is 1. The minimum atomic E-state index is -0.558. The van der Waals surface area contributed by atoms with E-state index in [-0.39, 0.29) is 5.56 Å². The largest absolute Gasteiger partial charge is 0.339 e. The maximum atomic E-state index is 14.5. The summed E-state index contributed by atoms with van der Waals surface area (Å²) in [6.07, 6.45) is 4.77. The molecule has 2 aromatic heterocycles. The number of halogens is 1. The molecule has 1 aliphatic heterocycles. The minimum absolute atomic E-state index is 0.0138. The Balaban J connectivity index is 1.66. The van der Waals surface area contributed by atoms with Crippen molar-refractivity contribution >= 4 is 16.9 Å². The topological polar surface area (TPSA) is 82.7 Å². The van der Waals surface area contributed by atoms with Gasteiger partial charge in [0.15, 0.2) is 0 Å². The number of hydrogen-bond donors (Lipinski definition) is 1. The zero-order chi connectivity index (χ0) is 22.1. The summed E-state index contributed by atoms with van der Waals surface area (Å²) in [4.78, 5) is 11.7. The van der Waals surface area contributed by atoms with Crippen molar-refractivity contribution in [2.45, 2.75) is 6.42 Å². The smallest absolute Gasteiger partial charge is 0.225 e. The first kappa shape index (κ1) is 20.1. The van der Waals surface area contributed by atoms with Gasteiger partial charge in [-0.15, -0.1) is 0 Å². The molecule has 5 rings (SSSR count). The van der Waals surface area contributed by atoms with Crippen LogP contribution in [0.1, 0.15) is 12.0 Å². The van der Waals surface area contributed by atoms with E-state index in [0.29, 0.717) is 17.2 Å². The van der Waals surface area contributed by atoms with E-state index >= 15 is 0 Å². The van der Waals surface area contributed by atoms with Crippen LogP contribution in [0, 0.1) is 17.1 Å². The summed E-state index contributed by atoms with van der Waals surface area (Å²) >= 11 is 0. The van der Waals surface area contributed by atoms with Gasteiger partial charge in [0.1, 0.15) is 11.9 Å². The molecule has 32 heavy (non-hydrogen) atoms. The van der Waals surface area contributed by atoms with Gasteiger partial charge in [-0.2, -0.15) is 10.4 Å². The molecule has 0 atom stereocenters. The molecule has 1 saturated heterocycles. The standard InChI is InChI=1S/C24H22FN7/c1-31-15-19-11-16(5-6-22(19)30-31)20-14-28-24(32-9-2-7-27-8-10-32)29-23(20)17-3-4-18(13-26)21(25)12-17/h3-6,11-12,14-15,27H,2,7-10H2,1H3. The normalized spacial score (nSPS) is 14.3. The molecular formula is C24H22FN7. The van der Waals surface area contributed by atoms with Gasteiger partial charge in [-0.05, 0) is 42.8 Å². The van der Waals surface area contributed by atoms with E-state index in [1.807, 2.05) is 43.7 Å². The van der Waals surface area contributed by atoms with E-state index < -0.39 is 5.82 Å². The number of aryl methyl sites for hydroxylation is 1. The summed E-state index contributed by atoms with van der Waals surface area (Å²) < 4.78 is 16.3. The van der Waals surface area contributed by atoms with Crippen molar-refractivity contribution in [3.63, 3.8) is 0 Å². The second-order valence-electron chi connectivity index (χ2n) is 7.91. The molecule has 1 aliphatic rings. The fourth-order valence-electron chi connectivity index (χ4n) is 4.07. The molecule has 160 valence electrons. The summed E-state index contributed by atoms with van der Waals surface area (Å²) in [5, 5.41) is 17.9. The Morgan fingerprint density at radius 3 is 2.81 bits per heavy atom.